The van der Waals surface area contributed by atoms with Crippen LogP contribution in [0, 0.1) is 0 Å². The minimum absolute atomic E-state index is 0.711. The summed E-state index contributed by atoms with van der Waals surface area (Å²) >= 11 is 0. The van der Waals surface area contributed by atoms with Crippen molar-refractivity contribution in [3.8, 4) is 101 Å². The summed E-state index contributed by atoms with van der Waals surface area (Å²) in [6, 6.07) is 78.1. The lowest BCUT2D eigenvalue weighted by molar-refractivity contribution is 1.18. The van der Waals surface area contributed by atoms with Gasteiger partial charge in [-0.2, -0.15) is 0 Å². The van der Waals surface area contributed by atoms with E-state index >= 15 is 0 Å². The predicted molar refractivity (Wildman–Crippen MR) is 242 cm³/mol. The molecule has 0 amide bonds. The molecule has 2 heteroatoms. The van der Waals surface area contributed by atoms with E-state index < -0.39 is 0 Å². The van der Waals surface area contributed by atoms with E-state index in [4.69, 9.17) is 9.97 Å². The summed E-state index contributed by atoms with van der Waals surface area (Å²) in [6.07, 6.45) is 0. The van der Waals surface area contributed by atoms with E-state index in [1.165, 1.54) is 72.0 Å². The molecule has 0 saturated heterocycles. The Balaban J connectivity index is 0.905. The van der Waals surface area contributed by atoms with Gasteiger partial charge in [0, 0.05) is 16.7 Å². The molecule has 0 saturated carbocycles. The van der Waals surface area contributed by atoms with Gasteiger partial charge in [0.15, 0.2) is 5.82 Å². The maximum atomic E-state index is 5.08. The van der Waals surface area contributed by atoms with E-state index in [1.807, 2.05) is 24.3 Å². The van der Waals surface area contributed by atoms with Crippen LogP contribution in [0.4, 0.5) is 0 Å². The summed E-state index contributed by atoms with van der Waals surface area (Å²) in [6.45, 7) is 0. The van der Waals surface area contributed by atoms with Gasteiger partial charge in [-0.05, 0) is 83.6 Å². The Bertz CT molecular complexity index is 3080. The monoisotopic (exact) mass is 736 g/mol. The molecule has 1 aliphatic rings. The highest BCUT2D eigenvalue weighted by atomic mass is 14.9. The highest BCUT2D eigenvalue weighted by molar-refractivity contribution is 6.19. The van der Waals surface area contributed by atoms with Gasteiger partial charge in [0.1, 0.15) is 0 Å². The molecule has 0 aliphatic heterocycles. The third kappa shape index (κ3) is 5.91. The standard InChI is InChI=1S/C56H36N2/c1-3-12-37(13-4-1)38-24-30-42(31-25-38)53-36-54(58-56(57-53)44-14-5-2-6-15-44)43-32-26-40(27-33-43)39-22-28-41(29-23-39)45-16-7-8-17-46(45)49-34-35-52-48-19-10-9-18-47(48)50-20-11-21-51(49)55(50)52/h1-36H. The molecule has 1 aliphatic carbocycles. The molecule has 1 heterocycles. The van der Waals surface area contributed by atoms with Crippen LogP contribution in [0.2, 0.25) is 0 Å². The minimum Gasteiger partial charge on any atom is -0.228 e. The Hall–Kier alpha value is -7.68. The Labute approximate surface area is 338 Å². The first-order chi connectivity index (χ1) is 28.7. The molecule has 0 unspecified atom stereocenters. The quantitative estimate of drug-likeness (QED) is 0.163. The van der Waals surface area contributed by atoms with Gasteiger partial charge in [0.2, 0.25) is 0 Å². The Morgan fingerprint density at radius 1 is 0.224 bits per heavy atom. The molecule has 2 nitrogen and oxygen atoms in total. The summed E-state index contributed by atoms with van der Waals surface area (Å²) in [5.74, 6) is 0.711. The fourth-order valence-corrected chi connectivity index (χ4v) is 8.61. The number of hydrogen-bond acceptors (Lipinski definition) is 2. The van der Waals surface area contributed by atoms with Gasteiger partial charge < -0.3 is 0 Å². The van der Waals surface area contributed by atoms with Crippen molar-refractivity contribution in [3.63, 3.8) is 0 Å². The summed E-state index contributed by atoms with van der Waals surface area (Å²) in [5.41, 5.74) is 19.8. The molecule has 9 aromatic carbocycles. The van der Waals surface area contributed by atoms with Gasteiger partial charge in [0.05, 0.1) is 11.4 Å². The molecular formula is C56H36N2. The number of aromatic nitrogens is 2. The fourth-order valence-electron chi connectivity index (χ4n) is 8.61. The zero-order chi connectivity index (χ0) is 38.4. The van der Waals surface area contributed by atoms with Crippen molar-refractivity contribution in [2.45, 2.75) is 0 Å². The van der Waals surface area contributed by atoms with Gasteiger partial charge in [-0.25, -0.2) is 9.97 Å². The van der Waals surface area contributed by atoms with Gasteiger partial charge in [-0.15, -0.1) is 0 Å². The second kappa shape index (κ2) is 14.1. The van der Waals surface area contributed by atoms with E-state index in [1.54, 1.807) is 0 Å². The predicted octanol–water partition coefficient (Wildman–Crippen LogP) is 14.9. The molecule has 0 atom stereocenters. The summed E-state index contributed by atoms with van der Waals surface area (Å²) in [4.78, 5) is 10.1. The van der Waals surface area contributed by atoms with Gasteiger partial charge in [0.25, 0.3) is 0 Å². The molecule has 11 rings (SSSR count). The molecule has 270 valence electrons. The average molecular weight is 737 g/mol. The lowest BCUT2D eigenvalue weighted by atomic mass is 9.89. The van der Waals surface area contributed by atoms with Gasteiger partial charge >= 0.3 is 0 Å². The van der Waals surface area contributed by atoms with E-state index in [0.717, 1.165) is 33.6 Å². The van der Waals surface area contributed by atoms with E-state index in [-0.39, 0.29) is 0 Å². The molecule has 0 fully saturated rings. The maximum Gasteiger partial charge on any atom is 0.160 e. The van der Waals surface area contributed by atoms with Gasteiger partial charge in [-0.3, -0.25) is 0 Å². The third-order valence-electron chi connectivity index (χ3n) is 11.5. The van der Waals surface area contributed by atoms with Crippen LogP contribution in [0.1, 0.15) is 0 Å². The highest BCUT2D eigenvalue weighted by Gasteiger charge is 2.23. The average Bonchev–Trinajstić information content (AvgIpc) is 3.64. The van der Waals surface area contributed by atoms with Crippen molar-refractivity contribution in [3.05, 3.63) is 218 Å². The van der Waals surface area contributed by atoms with E-state index in [9.17, 15) is 0 Å². The summed E-state index contributed by atoms with van der Waals surface area (Å²) in [7, 11) is 0. The van der Waals surface area contributed by atoms with Crippen LogP contribution < -0.4 is 0 Å². The van der Waals surface area contributed by atoms with E-state index in [0.29, 0.717) is 5.82 Å². The molecule has 0 radical (unpaired) electrons. The van der Waals surface area contributed by atoms with Crippen molar-refractivity contribution >= 4 is 10.8 Å². The Kier molecular flexibility index (Phi) is 8.19. The molecule has 10 aromatic rings. The Morgan fingerprint density at radius 3 is 1.16 bits per heavy atom. The fraction of sp³-hybridized carbons (Fsp3) is 0. The van der Waals surface area contributed by atoms with Crippen LogP contribution in [0.15, 0.2) is 218 Å². The lowest BCUT2D eigenvalue weighted by Gasteiger charge is -2.14. The number of fused-ring (bicyclic) bond motifs is 3. The number of rotatable bonds is 7. The summed E-state index contributed by atoms with van der Waals surface area (Å²) < 4.78 is 0. The highest BCUT2D eigenvalue weighted by Crippen LogP contribution is 2.50. The first kappa shape index (κ1) is 33.6. The molecule has 0 N–H and O–H groups in total. The SMILES string of the molecule is c1ccc(-c2ccc(-c3cc(-c4ccc(-c5ccc(-c6ccccc6-c6ccc7c8c(cccc68)-c6ccccc6-7)cc5)cc4)nc(-c4ccccc4)n3)cc2)cc1. The first-order valence-corrected chi connectivity index (χ1v) is 19.8. The molecular weight excluding hydrogens is 701 g/mol. The number of hydrogen-bond donors (Lipinski definition) is 0. The third-order valence-corrected chi connectivity index (χ3v) is 11.5. The normalized spacial score (nSPS) is 11.4. The molecule has 0 bridgehead atoms. The van der Waals surface area contributed by atoms with Crippen LogP contribution in [0.3, 0.4) is 0 Å². The van der Waals surface area contributed by atoms with Crippen molar-refractivity contribution in [2.24, 2.45) is 0 Å². The number of benzene rings is 9. The first-order valence-electron chi connectivity index (χ1n) is 19.8. The van der Waals surface area contributed by atoms with Crippen molar-refractivity contribution in [1.82, 2.24) is 9.97 Å². The van der Waals surface area contributed by atoms with Crippen LogP contribution in [0.5, 0.6) is 0 Å². The van der Waals surface area contributed by atoms with Crippen molar-refractivity contribution in [1.29, 1.82) is 0 Å². The topological polar surface area (TPSA) is 25.8 Å². The summed E-state index contributed by atoms with van der Waals surface area (Å²) in [5, 5.41) is 2.64. The lowest BCUT2D eigenvalue weighted by Crippen LogP contribution is -1.96. The van der Waals surface area contributed by atoms with Crippen LogP contribution in [-0.2, 0) is 0 Å². The van der Waals surface area contributed by atoms with Gasteiger partial charge in [-0.1, -0.05) is 212 Å². The zero-order valence-electron chi connectivity index (χ0n) is 31.7. The molecule has 1 aromatic heterocycles. The second-order valence-corrected chi connectivity index (χ2v) is 14.9. The zero-order valence-corrected chi connectivity index (χ0v) is 31.7. The smallest absolute Gasteiger partial charge is 0.160 e. The molecule has 58 heavy (non-hydrogen) atoms. The second-order valence-electron chi connectivity index (χ2n) is 14.9. The van der Waals surface area contributed by atoms with Crippen molar-refractivity contribution in [2.75, 3.05) is 0 Å². The largest absolute Gasteiger partial charge is 0.228 e. The van der Waals surface area contributed by atoms with Crippen LogP contribution in [-0.4, -0.2) is 9.97 Å². The maximum absolute atomic E-state index is 5.08. The van der Waals surface area contributed by atoms with Crippen molar-refractivity contribution < 1.29 is 0 Å². The number of nitrogens with zero attached hydrogens (tertiary/aromatic N) is 2. The minimum atomic E-state index is 0.711. The van der Waals surface area contributed by atoms with Crippen LogP contribution in [0.25, 0.3) is 111 Å². The molecule has 0 spiro atoms. The van der Waals surface area contributed by atoms with Crippen LogP contribution >= 0.6 is 0 Å². The Morgan fingerprint density at radius 2 is 0.603 bits per heavy atom. The van der Waals surface area contributed by atoms with E-state index in [2.05, 4.69) is 194 Å².